The second-order valence-electron chi connectivity index (χ2n) is 5.36. The second-order valence-corrected chi connectivity index (χ2v) is 9.39. The maximum absolute atomic E-state index is 11.9. The first-order chi connectivity index (χ1) is 8.63. The number of Topliss-reactive ketones (excluding diaryl/α,β-unsaturated/α-hetero) is 1. The Kier molecular flexibility index (Phi) is 5.21. The average molecular weight is 300 g/mol. The highest BCUT2D eigenvalue weighted by Gasteiger charge is 2.28. The Morgan fingerprint density at radius 3 is 2.11 bits per heavy atom. The van der Waals surface area contributed by atoms with Crippen LogP contribution in [-0.2, 0) is 9.84 Å². The Balaban J connectivity index is 2.57. The first-order valence-electron chi connectivity index (χ1n) is 6.09. The average Bonchev–Trinajstić information content (AvgIpc) is 2.28. The van der Waals surface area contributed by atoms with Crippen LogP contribution in [0.25, 0.3) is 0 Å². The van der Waals surface area contributed by atoms with Gasteiger partial charge in [-0.2, -0.15) is 0 Å². The molecule has 0 amide bonds. The smallest absolute Gasteiger partial charge is 0.159 e. The van der Waals surface area contributed by atoms with Crippen molar-refractivity contribution >= 4 is 27.4 Å². The molecule has 0 aromatic heterocycles. The number of carbonyl (C=O) groups excluding carboxylic acids is 1. The van der Waals surface area contributed by atoms with Crippen molar-refractivity contribution in [3.8, 4) is 0 Å². The van der Waals surface area contributed by atoms with Crippen LogP contribution in [0.15, 0.2) is 29.2 Å². The van der Waals surface area contributed by atoms with Gasteiger partial charge in [0.25, 0.3) is 0 Å². The van der Waals surface area contributed by atoms with Crippen LogP contribution in [0.1, 0.15) is 38.1 Å². The molecule has 5 heteroatoms. The van der Waals surface area contributed by atoms with Gasteiger partial charge in [0.05, 0.1) is 10.5 Å². The lowest BCUT2D eigenvalue weighted by Crippen LogP contribution is -2.31. The van der Waals surface area contributed by atoms with E-state index in [1.807, 2.05) is 12.1 Å². The van der Waals surface area contributed by atoms with Gasteiger partial charge in [-0.15, -0.1) is 11.8 Å². The fraction of sp³-hybridized carbons (Fsp3) is 0.500. The summed E-state index contributed by atoms with van der Waals surface area (Å²) in [5.74, 6) is 0.723. The van der Waals surface area contributed by atoms with E-state index in [1.165, 1.54) is 18.7 Å². The van der Waals surface area contributed by atoms with E-state index in [-0.39, 0.29) is 11.5 Å². The van der Waals surface area contributed by atoms with Crippen LogP contribution in [0.4, 0.5) is 0 Å². The maximum atomic E-state index is 11.9. The van der Waals surface area contributed by atoms with Crippen LogP contribution in [-0.4, -0.2) is 30.5 Å². The highest BCUT2D eigenvalue weighted by atomic mass is 32.2. The summed E-state index contributed by atoms with van der Waals surface area (Å²) in [5, 5.41) is 0. The van der Waals surface area contributed by atoms with Gasteiger partial charge in [0.15, 0.2) is 15.6 Å². The molecule has 0 atom stereocenters. The predicted molar refractivity (Wildman–Crippen MR) is 80.7 cm³/mol. The molecule has 0 saturated carbocycles. The van der Waals surface area contributed by atoms with Crippen molar-refractivity contribution in [2.75, 3.05) is 11.5 Å². The summed E-state index contributed by atoms with van der Waals surface area (Å²) in [5.41, 5.74) is 0.673. The number of benzene rings is 1. The first-order valence-corrected chi connectivity index (χ1v) is 8.73. The summed E-state index contributed by atoms with van der Waals surface area (Å²) in [7, 11) is -3.06. The van der Waals surface area contributed by atoms with Crippen molar-refractivity contribution in [3.05, 3.63) is 29.8 Å². The lowest BCUT2D eigenvalue weighted by Gasteiger charge is -2.18. The fourth-order valence-corrected chi connectivity index (χ4v) is 3.75. The molecular formula is C14H20O3S2. The molecule has 0 saturated heterocycles. The largest absolute Gasteiger partial charge is 0.295 e. The Labute approximate surface area is 119 Å². The van der Waals surface area contributed by atoms with E-state index < -0.39 is 14.6 Å². The number of ketones is 1. The van der Waals surface area contributed by atoms with E-state index in [1.54, 1.807) is 32.9 Å². The molecule has 0 aliphatic heterocycles. The van der Waals surface area contributed by atoms with Gasteiger partial charge in [0, 0.05) is 16.2 Å². The van der Waals surface area contributed by atoms with Crippen molar-refractivity contribution in [3.63, 3.8) is 0 Å². The molecular weight excluding hydrogens is 280 g/mol. The third-order valence-corrected chi connectivity index (χ3v) is 6.69. The molecule has 0 N–H and O–H groups in total. The minimum Gasteiger partial charge on any atom is -0.295 e. The standard InChI is InChI=1S/C14H20O3S2/c1-11(15)12-5-7-13(8-6-12)18-9-10-19(16,17)14(2,3)4/h5-8H,9-10H2,1-4H3. The van der Waals surface area contributed by atoms with Crippen LogP contribution in [0.2, 0.25) is 0 Å². The number of hydrogen-bond donors (Lipinski definition) is 0. The van der Waals surface area contributed by atoms with Gasteiger partial charge in [0.2, 0.25) is 0 Å². The molecule has 0 bridgehead atoms. The Morgan fingerprint density at radius 1 is 1.16 bits per heavy atom. The van der Waals surface area contributed by atoms with Gasteiger partial charge in [-0.1, -0.05) is 12.1 Å². The molecule has 0 spiro atoms. The fourth-order valence-electron chi connectivity index (χ4n) is 1.36. The molecule has 0 fully saturated rings. The van der Waals surface area contributed by atoms with E-state index >= 15 is 0 Å². The van der Waals surface area contributed by atoms with Crippen LogP contribution < -0.4 is 0 Å². The van der Waals surface area contributed by atoms with Crippen LogP contribution in [0.3, 0.4) is 0 Å². The highest BCUT2D eigenvalue weighted by Crippen LogP contribution is 2.22. The second kappa shape index (κ2) is 6.09. The van der Waals surface area contributed by atoms with Gasteiger partial charge >= 0.3 is 0 Å². The van der Waals surface area contributed by atoms with Gasteiger partial charge in [0.1, 0.15) is 0 Å². The van der Waals surface area contributed by atoms with E-state index in [0.717, 1.165) is 4.90 Å². The van der Waals surface area contributed by atoms with Crippen molar-refractivity contribution in [2.45, 2.75) is 37.3 Å². The zero-order valence-electron chi connectivity index (χ0n) is 11.8. The summed E-state index contributed by atoms with van der Waals surface area (Å²) in [6.45, 7) is 6.68. The topological polar surface area (TPSA) is 51.2 Å². The molecule has 1 aromatic carbocycles. The van der Waals surface area contributed by atoms with E-state index in [0.29, 0.717) is 11.3 Å². The summed E-state index contributed by atoms with van der Waals surface area (Å²) < 4.78 is 23.2. The normalized spacial score (nSPS) is 12.4. The predicted octanol–water partition coefficient (Wildman–Crippen LogP) is 3.19. The van der Waals surface area contributed by atoms with Gasteiger partial charge in [-0.25, -0.2) is 8.42 Å². The molecule has 106 valence electrons. The zero-order valence-corrected chi connectivity index (χ0v) is 13.4. The minimum atomic E-state index is -3.06. The van der Waals surface area contributed by atoms with E-state index in [9.17, 15) is 13.2 Å². The Hall–Kier alpha value is -0.810. The molecule has 19 heavy (non-hydrogen) atoms. The number of rotatable bonds is 5. The van der Waals surface area contributed by atoms with Crippen molar-refractivity contribution in [1.82, 2.24) is 0 Å². The Bertz CT molecular complexity index is 537. The van der Waals surface area contributed by atoms with Gasteiger partial charge < -0.3 is 0 Å². The third kappa shape index (κ3) is 4.66. The summed E-state index contributed by atoms with van der Waals surface area (Å²) in [6, 6.07) is 7.24. The van der Waals surface area contributed by atoms with Crippen molar-refractivity contribution in [2.24, 2.45) is 0 Å². The SMILES string of the molecule is CC(=O)c1ccc(SCCS(=O)(=O)C(C)(C)C)cc1. The zero-order chi connectivity index (χ0) is 14.7. The molecule has 0 unspecified atom stereocenters. The van der Waals surface area contributed by atoms with Gasteiger partial charge in [-0.05, 0) is 39.8 Å². The first kappa shape index (κ1) is 16.2. The summed E-state index contributed by atoms with van der Waals surface area (Å²) >= 11 is 1.49. The molecule has 0 aliphatic rings. The lowest BCUT2D eigenvalue weighted by atomic mass is 10.2. The van der Waals surface area contributed by atoms with E-state index in [4.69, 9.17) is 0 Å². The monoisotopic (exact) mass is 300 g/mol. The number of hydrogen-bond acceptors (Lipinski definition) is 4. The Morgan fingerprint density at radius 2 is 1.68 bits per heavy atom. The highest BCUT2D eigenvalue weighted by molar-refractivity contribution is 8.01. The van der Waals surface area contributed by atoms with Crippen LogP contribution in [0.5, 0.6) is 0 Å². The molecule has 1 rings (SSSR count). The number of thioether (sulfide) groups is 1. The van der Waals surface area contributed by atoms with Crippen LogP contribution in [0, 0.1) is 0 Å². The quantitative estimate of drug-likeness (QED) is 0.619. The van der Waals surface area contributed by atoms with Gasteiger partial charge in [-0.3, -0.25) is 4.79 Å². The van der Waals surface area contributed by atoms with Crippen molar-refractivity contribution in [1.29, 1.82) is 0 Å². The summed E-state index contributed by atoms with van der Waals surface area (Å²) in [4.78, 5) is 12.1. The summed E-state index contributed by atoms with van der Waals surface area (Å²) in [6.07, 6.45) is 0. The van der Waals surface area contributed by atoms with Crippen molar-refractivity contribution < 1.29 is 13.2 Å². The molecule has 1 aromatic rings. The number of carbonyl (C=O) groups is 1. The molecule has 0 radical (unpaired) electrons. The molecule has 3 nitrogen and oxygen atoms in total. The lowest BCUT2D eigenvalue weighted by molar-refractivity contribution is 0.101. The maximum Gasteiger partial charge on any atom is 0.159 e. The molecule has 0 aliphatic carbocycles. The van der Waals surface area contributed by atoms with E-state index in [2.05, 4.69) is 0 Å². The van der Waals surface area contributed by atoms with Crippen LogP contribution >= 0.6 is 11.8 Å². The molecule has 0 heterocycles. The number of sulfone groups is 1. The third-order valence-electron chi connectivity index (χ3n) is 2.81. The minimum absolute atomic E-state index is 0.0341.